The van der Waals surface area contributed by atoms with E-state index in [1.165, 1.54) is 17.3 Å². The van der Waals surface area contributed by atoms with E-state index in [0.717, 1.165) is 0 Å². The van der Waals surface area contributed by atoms with Gasteiger partial charge >= 0.3 is 0 Å². The van der Waals surface area contributed by atoms with Gasteiger partial charge in [0.25, 0.3) is 0 Å². The topological polar surface area (TPSA) is 60.9 Å². The molecule has 0 amide bonds. The van der Waals surface area contributed by atoms with E-state index in [2.05, 4.69) is 31.0 Å². The highest BCUT2D eigenvalue weighted by atomic mass is 32.2. The van der Waals surface area contributed by atoms with E-state index in [1.807, 2.05) is 48.0 Å². The van der Waals surface area contributed by atoms with Crippen LogP contribution in [0.3, 0.4) is 0 Å². The molecule has 3 aromatic rings. The molecular weight excluding hydrogens is 334 g/mol. The van der Waals surface area contributed by atoms with E-state index in [4.69, 9.17) is 4.42 Å². The smallest absolute Gasteiger partial charge is 0.200 e. The van der Waals surface area contributed by atoms with Crippen LogP contribution in [0.4, 0.5) is 0 Å². The molecule has 0 bridgehead atoms. The number of ketones is 1. The third-order valence-electron chi connectivity index (χ3n) is 3.98. The first-order valence-electron chi connectivity index (χ1n) is 8.06. The highest BCUT2D eigenvalue weighted by molar-refractivity contribution is 7.99. The average molecular weight is 355 g/mol. The summed E-state index contributed by atoms with van der Waals surface area (Å²) in [6.45, 7) is 6.47. The van der Waals surface area contributed by atoms with Gasteiger partial charge < -0.3 is 8.98 Å². The van der Waals surface area contributed by atoms with E-state index in [1.54, 1.807) is 6.26 Å². The summed E-state index contributed by atoms with van der Waals surface area (Å²) in [7, 11) is 1.86. The van der Waals surface area contributed by atoms with Crippen LogP contribution in [0.25, 0.3) is 11.6 Å². The molecule has 0 aliphatic heterocycles. The van der Waals surface area contributed by atoms with Crippen molar-refractivity contribution >= 4 is 17.5 Å². The third kappa shape index (κ3) is 3.85. The van der Waals surface area contributed by atoms with Gasteiger partial charge in [0, 0.05) is 12.6 Å². The van der Waals surface area contributed by atoms with E-state index in [0.29, 0.717) is 28.1 Å². The van der Waals surface area contributed by atoms with Crippen molar-refractivity contribution < 1.29 is 9.21 Å². The molecule has 0 N–H and O–H groups in total. The summed E-state index contributed by atoms with van der Waals surface area (Å²) in [4.78, 5) is 12.4. The van der Waals surface area contributed by atoms with Gasteiger partial charge in [-0.1, -0.05) is 56.8 Å². The van der Waals surface area contributed by atoms with Crippen LogP contribution in [-0.4, -0.2) is 26.3 Å². The molecule has 130 valence electrons. The van der Waals surface area contributed by atoms with Crippen molar-refractivity contribution in [2.75, 3.05) is 5.75 Å². The lowest BCUT2D eigenvalue weighted by atomic mass is 9.86. The molecule has 5 nitrogen and oxygen atoms in total. The maximum absolute atomic E-state index is 12.4. The van der Waals surface area contributed by atoms with Crippen molar-refractivity contribution in [3.05, 3.63) is 53.8 Å². The van der Waals surface area contributed by atoms with Crippen molar-refractivity contribution in [3.8, 4) is 11.6 Å². The standard InChI is InChI=1S/C19H21N3O2S/c1-19(2,3)14-9-7-13(8-10-14)15(23)12-25-18-21-20-17(22(18)4)16-6-5-11-24-16/h5-11H,12H2,1-4H3. The van der Waals surface area contributed by atoms with Crippen molar-refractivity contribution in [2.45, 2.75) is 31.3 Å². The second-order valence-electron chi connectivity index (χ2n) is 6.88. The third-order valence-corrected chi connectivity index (χ3v) is 5.00. The van der Waals surface area contributed by atoms with Crippen LogP contribution >= 0.6 is 11.8 Å². The molecular formula is C19H21N3O2S. The quantitative estimate of drug-likeness (QED) is 0.503. The molecule has 0 aliphatic carbocycles. The maximum atomic E-state index is 12.4. The maximum Gasteiger partial charge on any atom is 0.200 e. The number of nitrogens with zero attached hydrogens (tertiary/aromatic N) is 3. The SMILES string of the molecule is Cn1c(SCC(=O)c2ccc(C(C)(C)C)cc2)nnc1-c1ccco1. The predicted molar refractivity (Wildman–Crippen MR) is 98.9 cm³/mol. The van der Waals surface area contributed by atoms with E-state index < -0.39 is 0 Å². The largest absolute Gasteiger partial charge is 0.461 e. The first-order valence-corrected chi connectivity index (χ1v) is 9.04. The van der Waals surface area contributed by atoms with Crippen LogP contribution in [-0.2, 0) is 12.5 Å². The second kappa shape index (κ2) is 6.88. The lowest BCUT2D eigenvalue weighted by Gasteiger charge is -2.18. The highest BCUT2D eigenvalue weighted by Crippen LogP contribution is 2.25. The average Bonchev–Trinajstić information content (AvgIpc) is 3.21. The Morgan fingerprint density at radius 2 is 1.88 bits per heavy atom. The van der Waals surface area contributed by atoms with Crippen molar-refractivity contribution in [1.82, 2.24) is 14.8 Å². The highest BCUT2D eigenvalue weighted by Gasteiger charge is 2.17. The molecule has 25 heavy (non-hydrogen) atoms. The Morgan fingerprint density at radius 3 is 2.48 bits per heavy atom. The second-order valence-corrected chi connectivity index (χ2v) is 7.82. The van der Waals surface area contributed by atoms with Crippen molar-refractivity contribution in [1.29, 1.82) is 0 Å². The number of aromatic nitrogens is 3. The first kappa shape index (κ1) is 17.5. The summed E-state index contributed by atoms with van der Waals surface area (Å²) in [5.41, 5.74) is 2.01. The summed E-state index contributed by atoms with van der Waals surface area (Å²) < 4.78 is 7.18. The summed E-state index contributed by atoms with van der Waals surface area (Å²) in [6.07, 6.45) is 1.60. The molecule has 0 radical (unpaired) electrons. The summed E-state index contributed by atoms with van der Waals surface area (Å²) >= 11 is 1.38. The predicted octanol–water partition coefficient (Wildman–Crippen LogP) is 4.35. The molecule has 0 aliphatic rings. The molecule has 2 aromatic heterocycles. The summed E-state index contributed by atoms with van der Waals surface area (Å²) in [5, 5.41) is 8.97. The molecule has 0 saturated heterocycles. The minimum atomic E-state index is 0.0769. The lowest BCUT2D eigenvalue weighted by Crippen LogP contribution is -2.11. The number of benzene rings is 1. The van der Waals surface area contributed by atoms with Gasteiger partial charge in [0.2, 0.25) is 0 Å². The normalized spacial score (nSPS) is 11.7. The van der Waals surface area contributed by atoms with Gasteiger partial charge in [-0.2, -0.15) is 0 Å². The molecule has 6 heteroatoms. The van der Waals surface area contributed by atoms with Gasteiger partial charge in [-0.05, 0) is 23.1 Å². The van der Waals surface area contributed by atoms with Gasteiger partial charge in [-0.15, -0.1) is 10.2 Å². The number of carbonyl (C=O) groups is 1. The molecule has 3 rings (SSSR count). The van der Waals surface area contributed by atoms with Gasteiger partial charge in [0.15, 0.2) is 22.5 Å². The van der Waals surface area contributed by atoms with Crippen molar-refractivity contribution in [2.24, 2.45) is 7.05 Å². The molecule has 0 unspecified atom stereocenters. The summed E-state index contributed by atoms with van der Waals surface area (Å²) in [6, 6.07) is 11.5. The number of Topliss-reactive ketones (excluding diaryl/α,β-unsaturated/α-hetero) is 1. The van der Waals surface area contributed by atoms with Crippen LogP contribution in [0, 0.1) is 0 Å². The minimum absolute atomic E-state index is 0.0769. The number of rotatable bonds is 5. The van der Waals surface area contributed by atoms with Gasteiger partial charge in [0.05, 0.1) is 12.0 Å². The fraction of sp³-hybridized carbons (Fsp3) is 0.316. The first-order chi connectivity index (χ1) is 11.9. The Balaban J connectivity index is 1.67. The van der Waals surface area contributed by atoms with Crippen LogP contribution in [0.15, 0.2) is 52.2 Å². The number of hydrogen-bond donors (Lipinski definition) is 0. The molecule has 1 aromatic carbocycles. The fourth-order valence-electron chi connectivity index (χ4n) is 2.43. The number of carbonyl (C=O) groups excluding carboxylic acids is 1. The van der Waals surface area contributed by atoms with E-state index in [-0.39, 0.29) is 11.2 Å². The van der Waals surface area contributed by atoms with Crippen molar-refractivity contribution in [3.63, 3.8) is 0 Å². The van der Waals surface area contributed by atoms with Gasteiger partial charge in [0.1, 0.15) is 0 Å². The van der Waals surface area contributed by atoms with Crippen LogP contribution in [0.2, 0.25) is 0 Å². The Morgan fingerprint density at radius 1 is 1.16 bits per heavy atom. The molecule has 2 heterocycles. The number of hydrogen-bond acceptors (Lipinski definition) is 5. The Kier molecular flexibility index (Phi) is 4.81. The van der Waals surface area contributed by atoms with Gasteiger partial charge in [-0.25, -0.2) is 0 Å². The number of thioether (sulfide) groups is 1. The summed E-state index contributed by atoms with van der Waals surface area (Å²) in [5.74, 6) is 1.70. The molecule has 0 atom stereocenters. The van der Waals surface area contributed by atoms with E-state index in [9.17, 15) is 4.79 Å². The molecule has 0 saturated carbocycles. The lowest BCUT2D eigenvalue weighted by molar-refractivity contribution is 0.102. The Bertz CT molecular complexity index is 859. The van der Waals surface area contributed by atoms with Crippen LogP contribution < -0.4 is 0 Å². The monoisotopic (exact) mass is 355 g/mol. The minimum Gasteiger partial charge on any atom is -0.461 e. The zero-order valence-electron chi connectivity index (χ0n) is 14.8. The molecule has 0 spiro atoms. The van der Waals surface area contributed by atoms with Gasteiger partial charge in [-0.3, -0.25) is 4.79 Å². The number of furan rings is 1. The zero-order valence-corrected chi connectivity index (χ0v) is 15.6. The molecule has 0 fully saturated rings. The Labute approximate surface area is 151 Å². The fourth-order valence-corrected chi connectivity index (χ4v) is 3.24. The van der Waals surface area contributed by atoms with Crippen LogP contribution in [0.5, 0.6) is 0 Å². The van der Waals surface area contributed by atoms with E-state index >= 15 is 0 Å². The van der Waals surface area contributed by atoms with Crippen LogP contribution in [0.1, 0.15) is 36.7 Å². The zero-order chi connectivity index (χ0) is 18.0. The Hall–Kier alpha value is -2.34.